The summed E-state index contributed by atoms with van der Waals surface area (Å²) in [7, 11) is -1.91. The largest absolute Gasteiger partial charge is 0.347 e. The van der Waals surface area contributed by atoms with E-state index >= 15 is 0 Å². The van der Waals surface area contributed by atoms with Gasteiger partial charge in [0, 0.05) is 37.9 Å². The third kappa shape index (κ3) is 4.54. The molecule has 1 N–H and O–H groups in total. The van der Waals surface area contributed by atoms with Gasteiger partial charge in [0.05, 0.1) is 0 Å². The molecule has 27 heavy (non-hydrogen) atoms. The van der Waals surface area contributed by atoms with Crippen LogP contribution >= 0.6 is 11.6 Å². The first-order valence-electron chi connectivity index (χ1n) is 8.96. The van der Waals surface area contributed by atoms with Crippen molar-refractivity contribution in [2.45, 2.75) is 31.2 Å². The van der Waals surface area contributed by atoms with Crippen LogP contribution in [0.5, 0.6) is 0 Å². The zero-order valence-corrected chi connectivity index (χ0v) is 17.1. The lowest BCUT2D eigenvalue weighted by Gasteiger charge is -2.29. The molecule has 0 bridgehead atoms. The van der Waals surface area contributed by atoms with Gasteiger partial charge in [-0.05, 0) is 42.5 Å². The first-order valence-corrected chi connectivity index (χ1v) is 10.8. The molecule has 6 nitrogen and oxygen atoms in total. The second kappa shape index (κ2) is 8.04. The summed E-state index contributed by atoms with van der Waals surface area (Å²) in [4.78, 5) is 12.7. The summed E-state index contributed by atoms with van der Waals surface area (Å²) < 4.78 is 28.9. The third-order valence-electron chi connectivity index (χ3n) is 4.84. The van der Waals surface area contributed by atoms with E-state index in [2.05, 4.69) is 12.2 Å². The van der Waals surface area contributed by atoms with Gasteiger partial charge in [0.1, 0.15) is 10.6 Å². The minimum absolute atomic E-state index is 0.163. The quantitative estimate of drug-likeness (QED) is 0.825. The number of carbonyl (C=O) groups excluding carboxylic acids is 1. The number of hydrogen-bond donors (Lipinski definition) is 1. The number of hydrogen-bond acceptors (Lipinski definition) is 3. The molecule has 0 aliphatic carbocycles. The molecule has 146 valence electrons. The summed E-state index contributed by atoms with van der Waals surface area (Å²) in [6, 6.07) is 8.64. The first kappa shape index (κ1) is 19.9. The number of sulfonamides is 1. The predicted molar refractivity (Wildman–Crippen MR) is 105 cm³/mol. The van der Waals surface area contributed by atoms with Crippen LogP contribution in [0.1, 0.15) is 35.8 Å². The molecule has 0 radical (unpaired) electrons. The van der Waals surface area contributed by atoms with Gasteiger partial charge in [-0.25, -0.2) is 8.42 Å². The monoisotopic (exact) mass is 409 g/mol. The van der Waals surface area contributed by atoms with Gasteiger partial charge in [-0.3, -0.25) is 4.79 Å². The Morgan fingerprint density at radius 1 is 1.30 bits per heavy atom. The molecule has 0 unspecified atom stereocenters. The molecular formula is C19H24ClN3O3S. The van der Waals surface area contributed by atoms with Crippen LogP contribution in [0.25, 0.3) is 0 Å². The second-order valence-electron chi connectivity index (χ2n) is 7.09. The van der Waals surface area contributed by atoms with Gasteiger partial charge >= 0.3 is 0 Å². The molecule has 1 aliphatic rings. The van der Waals surface area contributed by atoms with E-state index in [4.69, 9.17) is 11.6 Å². The minimum atomic E-state index is -3.58. The predicted octanol–water partition coefficient (Wildman–Crippen LogP) is 3.03. The zero-order valence-electron chi connectivity index (χ0n) is 15.5. The van der Waals surface area contributed by atoms with Crippen molar-refractivity contribution in [1.29, 1.82) is 0 Å². The maximum atomic E-state index is 12.9. The SMILES string of the molecule is C[C@@H]1CCCN(S(=O)(=O)c2cc(C(=O)NCc3ccc(Cl)cc3)n(C)c2)C1. The topological polar surface area (TPSA) is 71.4 Å². The van der Waals surface area contributed by atoms with Crippen LogP contribution in [0.3, 0.4) is 0 Å². The summed E-state index contributed by atoms with van der Waals surface area (Å²) in [6.07, 6.45) is 3.41. The summed E-state index contributed by atoms with van der Waals surface area (Å²) in [5.41, 5.74) is 1.23. The molecule has 1 aromatic carbocycles. The fraction of sp³-hybridized carbons (Fsp3) is 0.421. The van der Waals surface area contributed by atoms with Crippen molar-refractivity contribution < 1.29 is 13.2 Å². The van der Waals surface area contributed by atoms with Gasteiger partial charge in [-0.2, -0.15) is 4.31 Å². The molecule has 3 rings (SSSR count). The van der Waals surface area contributed by atoms with Crippen molar-refractivity contribution in [2.24, 2.45) is 13.0 Å². The summed E-state index contributed by atoms with van der Waals surface area (Å²) >= 11 is 5.86. The number of nitrogens with zero attached hydrogens (tertiary/aromatic N) is 2. The second-order valence-corrected chi connectivity index (χ2v) is 9.47. The molecule has 2 heterocycles. The van der Waals surface area contributed by atoms with Crippen molar-refractivity contribution in [3.63, 3.8) is 0 Å². The summed E-state index contributed by atoms with van der Waals surface area (Å²) in [6.45, 7) is 3.45. The van der Waals surface area contributed by atoms with Crippen LogP contribution in [0.2, 0.25) is 5.02 Å². The summed E-state index contributed by atoms with van der Waals surface area (Å²) in [5.74, 6) is 0.0281. The van der Waals surface area contributed by atoms with E-state index in [1.165, 1.54) is 16.6 Å². The fourth-order valence-electron chi connectivity index (χ4n) is 3.29. The third-order valence-corrected chi connectivity index (χ3v) is 6.92. The van der Waals surface area contributed by atoms with Crippen LogP contribution in [0, 0.1) is 5.92 Å². The summed E-state index contributed by atoms with van der Waals surface area (Å²) in [5, 5.41) is 3.45. The Bertz CT molecular complexity index is 922. The Labute approximate surface area is 165 Å². The number of halogens is 1. The number of nitrogens with one attached hydrogen (secondary N) is 1. The van der Waals surface area contributed by atoms with E-state index in [1.54, 1.807) is 23.7 Å². The van der Waals surface area contributed by atoms with E-state index in [1.807, 2.05) is 12.1 Å². The van der Waals surface area contributed by atoms with Crippen LogP contribution in [0.4, 0.5) is 0 Å². The van der Waals surface area contributed by atoms with Crippen LogP contribution in [-0.2, 0) is 23.6 Å². The van der Waals surface area contributed by atoms with Gasteiger partial charge in [-0.1, -0.05) is 30.7 Å². The Kier molecular flexibility index (Phi) is 5.93. The fourth-order valence-corrected chi connectivity index (χ4v) is 5.09. The van der Waals surface area contributed by atoms with E-state index in [9.17, 15) is 13.2 Å². The number of carbonyl (C=O) groups is 1. The number of rotatable bonds is 5. The molecular weight excluding hydrogens is 386 g/mol. The van der Waals surface area contributed by atoms with Crippen molar-refractivity contribution in [3.05, 3.63) is 52.8 Å². The molecule has 1 atom stereocenters. The highest BCUT2D eigenvalue weighted by molar-refractivity contribution is 7.89. The van der Waals surface area contributed by atoms with Crippen LogP contribution in [0.15, 0.2) is 41.4 Å². The van der Waals surface area contributed by atoms with Gasteiger partial charge in [0.2, 0.25) is 10.0 Å². The molecule has 1 aliphatic heterocycles. The molecule has 1 amide bonds. The lowest BCUT2D eigenvalue weighted by molar-refractivity contribution is 0.0942. The van der Waals surface area contributed by atoms with Gasteiger partial charge in [0.25, 0.3) is 5.91 Å². The molecule has 1 fully saturated rings. The number of piperidine rings is 1. The normalized spacial score (nSPS) is 18.4. The van der Waals surface area contributed by atoms with E-state index in [-0.39, 0.29) is 10.8 Å². The van der Waals surface area contributed by atoms with Crippen molar-refractivity contribution in [3.8, 4) is 0 Å². The lowest BCUT2D eigenvalue weighted by atomic mass is 10.0. The number of amides is 1. The minimum Gasteiger partial charge on any atom is -0.347 e. The molecule has 1 saturated heterocycles. The van der Waals surface area contributed by atoms with Gasteiger partial charge in [0.15, 0.2) is 0 Å². The highest BCUT2D eigenvalue weighted by atomic mass is 35.5. The van der Waals surface area contributed by atoms with E-state index < -0.39 is 10.0 Å². The van der Waals surface area contributed by atoms with Crippen LogP contribution in [-0.4, -0.2) is 36.3 Å². The molecule has 1 aromatic heterocycles. The Morgan fingerprint density at radius 3 is 2.67 bits per heavy atom. The number of benzene rings is 1. The zero-order chi connectivity index (χ0) is 19.6. The Balaban J connectivity index is 1.73. The lowest BCUT2D eigenvalue weighted by Crippen LogP contribution is -2.38. The number of aryl methyl sites for hydroxylation is 1. The van der Waals surface area contributed by atoms with Crippen molar-refractivity contribution in [2.75, 3.05) is 13.1 Å². The molecule has 8 heteroatoms. The average molecular weight is 410 g/mol. The average Bonchev–Trinajstić information content (AvgIpc) is 3.03. The van der Waals surface area contributed by atoms with Gasteiger partial charge in [-0.15, -0.1) is 0 Å². The highest BCUT2D eigenvalue weighted by Crippen LogP contribution is 2.24. The van der Waals surface area contributed by atoms with E-state index in [0.29, 0.717) is 36.3 Å². The van der Waals surface area contributed by atoms with Gasteiger partial charge < -0.3 is 9.88 Å². The maximum absolute atomic E-state index is 12.9. The molecule has 0 saturated carbocycles. The Morgan fingerprint density at radius 2 is 2.00 bits per heavy atom. The van der Waals surface area contributed by atoms with Crippen molar-refractivity contribution >= 4 is 27.5 Å². The molecule has 2 aromatic rings. The van der Waals surface area contributed by atoms with Crippen molar-refractivity contribution in [1.82, 2.24) is 14.2 Å². The standard InChI is InChI=1S/C19H24ClN3O3S/c1-14-4-3-9-23(12-14)27(25,26)17-10-18(22(2)13-17)19(24)21-11-15-5-7-16(20)8-6-15/h5-8,10,13-14H,3-4,9,11-12H2,1-2H3,(H,21,24)/t14-/m1/s1. The Hall–Kier alpha value is -1.83. The first-order chi connectivity index (χ1) is 12.8. The van der Waals surface area contributed by atoms with E-state index in [0.717, 1.165) is 18.4 Å². The smallest absolute Gasteiger partial charge is 0.268 e. The molecule has 0 spiro atoms. The highest BCUT2D eigenvalue weighted by Gasteiger charge is 2.30. The van der Waals surface area contributed by atoms with Crippen LogP contribution < -0.4 is 5.32 Å². The maximum Gasteiger partial charge on any atom is 0.268 e. The number of aromatic nitrogens is 1.